The molecule has 2 rings (SSSR count). The molecule has 0 bridgehead atoms. The fourth-order valence-corrected chi connectivity index (χ4v) is 1.58. The zero-order valence-corrected chi connectivity index (χ0v) is 9.84. The Kier molecular flexibility index (Phi) is 3.44. The molecule has 0 aliphatic rings. The Morgan fingerprint density at radius 2 is 1.67 bits per heavy atom. The molecule has 4 N–H and O–H groups in total. The van der Waals surface area contributed by atoms with Gasteiger partial charge in [-0.2, -0.15) is 0 Å². The molecule has 3 nitrogen and oxygen atoms in total. The number of rotatable bonds is 3. The fraction of sp³-hybridized carbons (Fsp3) is 0. The van der Waals surface area contributed by atoms with E-state index in [4.69, 9.17) is 11.5 Å². The third-order valence-corrected chi connectivity index (χ3v) is 2.53. The van der Waals surface area contributed by atoms with E-state index in [0.717, 1.165) is 5.56 Å². The second kappa shape index (κ2) is 5.19. The Hall–Kier alpha value is -2.55. The SMILES string of the molecule is Nc1ccc(C(=O)C=Cc2cccc(N)c2)cc1. The minimum absolute atomic E-state index is 0.0579. The van der Waals surface area contributed by atoms with Gasteiger partial charge in [0.05, 0.1) is 0 Å². The second-order valence-corrected chi connectivity index (χ2v) is 3.99. The van der Waals surface area contributed by atoms with E-state index in [9.17, 15) is 4.79 Å². The van der Waals surface area contributed by atoms with E-state index in [0.29, 0.717) is 16.9 Å². The number of allylic oxidation sites excluding steroid dienone is 1. The molecule has 0 atom stereocenters. The number of hydrogen-bond acceptors (Lipinski definition) is 3. The first-order chi connectivity index (χ1) is 8.65. The summed E-state index contributed by atoms with van der Waals surface area (Å²) in [5.41, 5.74) is 14.1. The van der Waals surface area contributed by atoms with Crippen molar-refractivity contribution >= 4 is 23.2 Å². The molecule has 2 aromatic carbocycles. The quantitative estimate of drug-likeness (QED) is 0.490. The number of anilines is 2. The largest absolute Gasteiger partial charge is 0.399 e. The number of nitrogens with two attached hydrogens (primary N) is 2. The first kappa shape index (κ1) is 11.9. The molecule has 0 aliphatic carbocycles. The molecule has 2 aromatic rings. The Morgan fingerprint density at radius 3 is 2.33 bits per heavy atom. The molecular weight excluding hydrogens is 224 g/mol. The molecule has 0 unspecified atom stereocenters. The number of nitrogen functional groups attached to an aromatic ring is 2. The van der Waals surface area contributed by atoms with Gasteiger partial charge in [-0.25, -0.2) is 0 Å². The molecule has 0 saturated carbocycles. The molecule has 18 heavy (non-hydrogen) atoms. The molecule has 0 aliphatic heterocycles. The van der Waals surface area contributed by atoms with Crippen molar-refractivity contribution in [1.82, 2.24) is 0 Å². The van der Waals surface area contributed by atoms with Crippen molar-refractivity contribution in [2.24, 2.45) is 0 Å². The molecule has 90 valence electrons. The number of carbonyl (C=O) groups is 1. The lowest BCUT2D eigenvalue weighted by Crippen LogP contribution is -1.94. The van der Waals surface area contributed by atoms with Crippen molar-refractivity contribution in [3.8, 4) is 0 Å². The van der Waals surface area contributed by atoms with Crippen LogP contribution in [0.2, 0.25) is 0 Å². The van der Waals surface area contributed by atoms with E-state index in [2.05, 4.69) is 0 Å². The van der Waals surface area contributed by atoms with Crippen molar-refractivity contribution in [3.63, 3.8) is 0 Å². The summed E-state index contributed by atoms with van der Waals surface area (Å²) in [7, 11) is 0. The fourth-order valence-electron chi connectivity index (χ4n) is 1.58. The molecule has 0 spiro atoms. The molecule has 0 heterocycles. The van der Waals surface area contributed by atoms with Gasteiger partial charge in [0.25, 0.3) is 0 Å². The summed E-state index contributed by atoms with van der Waals surface area (Å²) in [5.74, 6) is -0.0579. The van der Waals surface area contributed by atoms with Crippen LogP contribution in [0, 0.1) is 0 Å². The predicted molar refractivity (Wildman–Crippen MR) is 75.1 cm³/mol. The highest BCUT2D eigenvalue weighted by molar-refractivity contribution is 6.06. The molecule has 0 amide bonds. The van der Waals surface area contributed by atoms with Gasteiger partial charge in [0.1, 0.15) is 0 Å². The maximum atomic E-state index is 11.9. The Labute approximate surface area is 106 Å². The number of hydrogen-bond donors (Lipinski definition) is 2. The van der Waals surface area contributed by atoms with Crippen molar-refractivity contribution in [2.45, 2.75) is 0 Å². The summed E-state index contributed by atoms with van der Waals surface area (Å²) >= 11 is 0. The first-order valence-electron chi connectivity index (χ1n) is 5.58. The lowest BCUT2D eigenvalue weighted by Gasteiger charge is -1.98. The van der Waals surface area contributed by atoms with Crippen LogP contribution in [-0.4, -0.2) is 5.78 Å². The lowest BCUT2D eigenvalue weighted by molar-refractivity contribution is 0.104. The maximum Gasteiger partial charge on any atom is 0.185 e. The number of carbonyl (C=O) groups excluding carboxylic acids is 1. The summed E-state index contributed by atoms with van der Waals surface area (Å²) < 4.78 is 0. The third-order valence-electron chi connectivity index (χ3n) is 2.53. The summed E-state index contributed by atoms with van der Waals surface area (Å²) in [4.78, 5) is 11.9. The van der Waals surface area contributed by atoms with Gasteiger partial charge < -0.3 is 11.5 Å². The lowest BCUT2D eigenvalue weighted by atomic mass is 10.1. The van der Waals surface area contributed by atoms with Gasteiger partial charge in [-0.15, -0.1) is 0 Å². The summed E-state index contributed by atoms with van der Waals surface area (Å²) in [5, 5.41) is 0. The van der Waals surface area contributed by atoms with Gasteiger partial charge in [0.2, 0.25) is 0 Å². The highest BCUT2D eigenvalue weighted by Gasteiger charge is 2.00. The van der Waals surface area contributed by atoms with Crippen LogP contribution in [0.15, 0.2) is 54.6 Å². The van der Waals surface area contributed by atoms with Crippen LogP contribution in [0.1, 0.15) is 15.9 Å². The minimum atomic E-state index is -0.0579. The summed E-state index contributed by atoms with van der Waals surface area (Å²) in [6, 6.07) is 14.2. The van der Waals surface area contributed by atoms with E-state index >= 15 is 0 Å². The molecule has 0 fully saturated rings. The van der Waals surface area contributed by atoms with Crippen LogP contribution in [0.4, 0.5) is 11.4 Å². The van der Waals surface area contributed by atoms with Gasteiger partial charge in [0.15, 0.2) is 5.78 Å². The molecule has 3 heteroatoms. The third kappa shape index (κ3) is 2.98. The Bertz CT molecular complexity index is 586. The first-order valence-corrected chi connectivity index (χ1v) is 5.58. The van der Waals surface area contributed by atoms with Crippen LogP contribution in [0.5, 0.6) is 0 Å². The molecular formula is C15H14N2O. The van der Waals surface area contributed by atoms with E-state index < -0.39 is 0 Å². The van der Waals surface area contributed by atoms with Crippen LogP contribution >= 0.6 is 0 Å². The van der Waals surface area contributed by atoms with Crippen molar-refractivity contribution in [1.29, 1.82) is 0 Å². The van der Waals surface area contributed by atoms with Crippen LogP contribution in [0.25, 0.3) is 6.08 Å². The van der Waals surface area contributed by atoms with Gasteiger partial charge >= 0.3 is 0 Å². The van der Waals surface area contributed by atoms with Crippen LogP contribution in [-0.2, 0) is 0 Å². The van der Waals surface area contributed by atoms with Gasteiger partial charge in [-0.3, -0.25) is 4.79 Å². The molecule has 0 saturated heterocycles. The average molecular weight is 238 g/mol. The van der Waals surface area contributed by atoms with Gasteiger partial charge in [-0.05, 0) is 48.0 Å². The van der Waals surface area contributed by atoms with Gasteiger partial charge in [0, 0.05) is 16.9 Å². The topological polar surface area (TPSA) is 69.1 Å². The summed E-state index contributed by atoms with van der Waals surface area (Å²) in [6.45, 7) is 0. The average Bonchev–Trinajstić information content (AvgIpc) is 2.37. The smallest absolute Gasteiger partial charge is 0.185 e. The number of ketones is 1. The second-order valence-electron chi connectivity index (χ2n) is 3.99. The number of benzene rings is 2. The standard InChI is InChI=1S/C15H14N2O/c16-13-7-5-12(6-8-13)15(18)9-4-11-2-1-3-14(17)10-11/h1-10H,16-17H2. The minimum Gasteiger partial charge on any atom is -0.399 e. The van der Waals surface area contributed by atoms with Crippen molar-refractivity contribution < 1.29 is 4.79 Å². The Balaban J connectivity index is 2.14. The van der Waals surface area contributed by atoms with E-state index in [1.165, 1.54) is 6.08 Å². The zero-order valence-electron chi connectivity index (χ0n) is 9.84. The maximum absolute atomic E-state index is 11.9. The monoisotopic (exact) mass is 238 g/mol. The molecule has 0 radical (unpaired) electrons. The predicted octanol–water partition coefficient (Wildman–Crippen LogP) is 2.75. The van der Waals surface area contributed by atoms with E-state index in [-0.39, 0.29) is 5.78 Å². The summed E-state index contributed by atoms with van der Waals surface area (Å²) in [6.07, 6.45) is 3.27. The Morgan fingerprint density at radius 1 is 0.944 bits per heavy atom. The van der Waals surface area contributed by atoms with Crippen LogP contribution < -0.4 is 11.5 Å². The highest BCUT2D eigenvalue weighted by Crippen LogP contribution is 2.10. The van der Waals surface area contributed by atoms with Crippen molar-refractivity contribution in [2.75, 3.05) is 11.5 Å². The van der Waals surface area contributed by atoms with E-state index in [1.807, 2.05) is 18.2 Å². The van der Waals surface area contributed by atoms with Crippen LogP contribution in [0.3, 0.4) is 0 Å². The zero-order chi connectivity index (χ0) is 13.0. The highest BCUT2D eigenvalue weighted by atomic mass is 16.1. The van der Waals surface area contributed by atoms with E-state index in [1.54, 1.807) is 36.4 Å². The molecule has 0 aromatic heterocycles. The normalized spacial score (nSPS) is 10.7. The van der Waals surface area contributed by atoms with Gasteiger partial charge in [-0.1, -0.05) is 18.2 Å². The van der Waals surface area contributed by atoms with Crippen molar-refractivity contribution in [3.05, 3.63) is 65.7 Å².